The number of carbonyl (C=O) groups is 1. The Bertz CT molecular complexity index is 1400. The van der Waals surface area contributed by atoms with Crippen LogP contribution in [0.15, 0.2) is 119 Å². The van der Waals surface area contributed by atoms with E-state index in [4.69, 9.17) is 10.4 Å². The predicted molar refractivity (Wildman–Crippen MR) is 150 cm³/mol. The molecule has 0 aromatic heterocycles. The highest BCUT2D eigenvalue weighted by Crippen LogP contribution is 2.46. The van der Waals surface area contributed by atoms with Crippen molar-refractivity contribution in [1.82, 2.24) is 5.32 Å². The Morgan fingerprint density at radius 2 is 1.57 bits per heavy atom. The first-order chi connectivity index (χ1) is 18.1. The average molecular weight is 503 g/mol. The monoisotopic (exact) mass is 502 g/mol. The summed E-state index contributed by atoms with van der Waals surface area (Å²) >= 11 is 1.82. The maximum atomic E-state index is 11.1. The van der Waals surface area contributed by atoms with Crippen LogP contribution in [0, 0.1) is 11.3 Å². The molecular formula is C32H26N2O2S. The van der Waals surface area contributed by atoms with Crippen LogP contribution in [-0.4, -0.2) is 17.1 Å². The summed E-state index contributed by atoms with van der Waals surface area (Å²) < 4.78 is 0. The summed E-state index contributed by atoms with van der Waals surface area (Å²) in [6, 6.07) is 31.3. The Morgan fingerprint density at radius 3 is 2.16 bits per heavy atom. The molecule has 5 heteroatoms. The Balaban J connectivity index is 1.27. The van der Waals surface area contributed by atoms with Gasteiger partial charge in [0.25, 0.3) is 0 Å². The molecule has 0 spiro atoms. The molecule has 2 atom stereocenters. The summed E-state index contributed by atoms with van der Waals surface area (Å²) in [4.78, 5) is 12.3. The van der Waals surface area contributed by atoms with E-state index in [-0.39, 0.29) is 11.6 Å². The average Bonchev–Trinajstić information content (AvgIpc) is 3.62. The Labute approximate surface area is 221 Å². The Kier molecular flexibility index (Phi) is 7.39. The second kappa shape index (κ2) is 11.2. The van der Waals surface area contributed by atoms with E-state index in [0.29, 0.717) is 11.7 Å². The van der Waals surface area contributed by atoms with E-state index in [1.165, 1.54) is 33.2 Å². The number of nitriles is 1. The summed E-state index contributed by atoms with van der Waals surface area (Å²) in [5.41, 5.74) is 6.80. The van der Waals surface area contributed by atoms with Crippen LogP contribution in [0.5, 0.6) is 0 Å². The zero-order valence-electron chi connectivity index (χ0n) is 20.2. The number of hydrogen-bond donors (Lipinski definition) is 2. The van der Waals surface area contributed by atoms with E-state index in [0.717, 1.165) is 17.7 Å². The Morgan fingerprint density at radius 1 is 0.919 bits per heavy atom. The summed E-state index contributed by atoms with van der Waals surface area (Å²) in [6.07, 6.45) is 9.67. The van der Waals surface area contributed by atoms with Gasteiger partial charge in [-0.15, -0.1) is 11.8 Å². The number of carboxylic acid groups (broad SMARTS) is 1. The smallest absolute Gasteiger partial charge is 0.346 e. The van der Waals surface area contributed by atoms with E-state index >= 15 is 0 Å². The van der Waals surface area contributed by atoms with Crippen molar-refractivity contribution < 1.29 is 9.90 Å². The van der Waals surface area contributed by atoms with Crippen molar-refractivity contribution in [2.24, 2.45) is 0 Å². The lowest BCUT2D eigenvalue weighted by Gasteiger charge is -2.14. The van der Waals surface area contributed by atoms with Gasteiger partial charge in [-0.2, -0.15) is 5.26 Å². The molecule has 3 aromatic carbocycles. The van der Waals surface area contributed by atoms with Gasteiger partial charge < -0.3 is 10.4 Å². The minimum absolute atomic E-state index is 0.171. The molecule has 2 unspecified atom stereocenters. The lowest BCUT2D eigenvalue weighted by atomic mass is 9.95. The lowest BCUT2D eigenvalue weighted by molar-refractivity contribution is -0.132. The number of benzene rings is 3. The molecule has 0 radical (unpaired) electrons. The van der Waals surface area contributed by atoms with Crippen LogP contribution in [0.2, 0.25) is 0 Å². The quantitative estimate of drug-likeness (QED) is 0.204. The second-order valence-corrected chi connectivity index (χ2v) is 10.2. The SMILES string of the molecule is N#C/C(=C/C1CC=C(C2=CCC(c3ccc(C=C(c4ccccc4)c4ccccc4)cc3)S2)N1)C(=O)O. The number of nitrogens with zero attached hydrogens (tertiary/aromatic N) is 1. The maximum absolute atomic E-state index is 11.1. The van der Waals surface area contributed by atoms with Crippen molar-refractivity contribution >= 4 is 29.4 Å². The summed E-state index contributed by atoms with van der Waals surface area (Å²) in [5, 5.41) is 21.8. The number of hydrogen-bond acceptors (Lipinski definition) is 4. The standard InChI is InChI=1S/C32H26N2O2S/c33-21-26(32(35)36)20-27-15-16-29(34-27)31-18-17-30(37-31)25-13-11-22(12-14-25)19-28(23-7-3-1-4-8-23)24-9-5-2-6-10-24/h1-14,16,18-20,27,30,34H,15,17H2,(H,35,36)/b26-20-. The molecule has 5 rings (SSSR count). The van der Waals surface area contributed by atoms with Gasteiger partial charge in [-0.1, -0.05) is 97.1 Å². The third-order valence-electron chi connectivity index (χ3n) is 6.48. The van der Waals surface area contributed by atoms with Crippen molar-refractivity contribution in [3.05, 3.63) is 142 Å². The number of thioether (sulfide) groups is 1. The fourth-order valence-corrected chi connectivity index (χ4v) is 5.84. The molecule has 0 saturated carbocycles. The van der Waals surface area contributed by atoms with E-state index in [2.05, 4.69) is 96.3 Å². The first-order valence-corrected chi connectivity index (χ1v) is 13.1. The molecule has 2 aliphatic heterocycles. The highest BCUT2D eigenvalue weighted by Gasteiger charge is 2.25. The molecule has 2 heterocycles. The molecule has 0 bridgehead atoms. The molecule has 182 valence electrons. The molecule has 0 saturated heterocycles. The van der Waals surface area contributed by atoms with Crippen LogP contribution >= 0.6 is 11.8 Å². The van der Waals surface area contributed by atoms with Gasteiger partial charge in [0.15, 0.2) is 0 Å². The number of aliphatic carboxylic acids is 1. The topological polar surface area (TPSA) is 73.1 Å². The van der Waals surface area contributed by atoms with Gasteiger partial charge in [-0.05, 0) is 52.8 Å². The van der Waals surface area contributed by atoms with Crippen molar-refractivity contribution in [1.29, 1.82) is 5.26 Å². The predicted octanol–water partition coefficient (Wildman–Crippen LogP) is 7.12. The highest BCUT2D eigenvalue weighted by atomic mass is 32.2. The molecular weight excluding hydrogens is 476 g/mol. The second-order valence-electron chi connectivity index (χ2n) is 8.97. The van der Waals surface area contributed by atoms with E-state index in [9.17, 15) is 4.79 Å². The van der Waals surface area contributed by atoms with Crippen molar-refractivity contribution in [2.45, 2.75) is 24.1 Å². The van der Waals surface area contributed by atoms with E-state index < -0.39 is 5.97 Å². The van der Waals surface area contributed by atoms with Crippen LogP contribution in [0.4, 0.5) is 0 Å². The van der Waals surface area contributed by atoms with Crippen LogP contribution in [0.3, 0.4) is 0 Å². The van der Waals surface area contributed by atoms with Gasteiger partial charge in [-0.25, -0.2) is 4.79 Å². The van der Waals surface area contributed by atoms with Gasteiger partial charge in [0.2, 0.25) is 0 Å². The summed E-state index contributed by atoms with van der Waals surface area (Å²) in [6.45, 7) is 0. The Hall–Kier alpha value is -4.27. The van der Waals surface area contributed by atoms with Crippen molar-refractivity contribution in [3.63, 3.8) is 0 Å². The molecule has 2 N–H and O–H groups in total. The number of carboxylic acids is 1. The van der Waals surface area contributed by atoms with Gasteiger partial charge in [0, 0.05) is 21.9 Å². The molecule has 4 nitrogen and oxygen atoms in total. The first kappa shape index (κ1) is 24.4. The third kappa shape index (κ3) is 5.77. The minimum atomic E-state index is -1.19. The van der Waals surface area contributed by atoms with Gasteiger partial charge in [0.05, 0.1) is 0 Å². The first-order valence-electron chi connectivity index (χ1n) is 12.2. The van der Waals surface area contributed by atoms with Crippen LogP contribution in [0.1, 0.15) is 40.3 Å². The van der Waals surface area contributed by atoms with Crippen molar-refractivity contribution in [3.8, 4) is 6.07 Å². The summed E-state index contributed by atoms with van der Waals surface area (Å²) in [5.74, 6) is -1.19. The highest BCUT2D eigenvalue weighted by molar-refractivity contribution is 8.03. The van der Waals surface area contributed by atoms with Crippen molar-refractivity contribution in [2.75, 3.05) is 0 Å². The molecule has 0 aliphatic carbocycles. The molecule has 2 aliphatic rings. The van der Waals surface area contributed by atoms with Gasteiger partial charge in [-0.3, -0.25) is 0 Å². The normalized spacial score (nSPS) is 18.8. The fraction of sp³-hybridized carbons (Fsp3) is 0.125. The van der Waals surface area contributed by atoms with Crippen LogP contribution < -0.4 is 5.32 Å². The number of nitrogens with one attached hydrogen (secondary N) is 1. The number of rotatable bonds is 7. The lowest BCUT2D eigenvalue weighted by Crippen LogP contribution is -2.21. The molecule has 37 heavy (non-hydrogen) atoms. The largest absolute Gasteiger partial charge is 0.477 e. The van der Waals surface area contributed by atoms with E-state index in [1.54, 1.807) is 6.07 Å². The summed E-state index contributed by atoms with van der Waals surface area (Å²) in [7, 11) is 0. The maximum Gasteiger partial charge on any atom is 0.346 e. The molecule has 0 amide bonds. The zero-order valence-corrected chi connectivity index (χ0v) is 21.0. The number of allylic oxidation sites excluding steroid dienone is 1. The van der Waals surface area contributed by atoms with Gasteiger partial charge in [0.1, 0.15) is 11.6 Å². The van der Waals surface area contributed by atoms with E-state index in [1.807, 2.05) is 23.9 Å². The zero-order chi connectivity index (χ0) is 25.6. The fourth-order valence-electron chi connectivity index (χ4n) is 4.58. The minimum Gasteiger partial charge on any atom is -0.477 e. The van der Waals surface area contributed by atoms with Gasteiger partial charge >= 0.3 is 5.97 Å². The van der Waals surface area contributed by atoms with Crippen LogP contribution in [-0.2, 0) is 4.79 Å². The van der Waals surface area contributed by atoms with Crippen LogP contribution in [0.25, 0.3) is 11.6 Å². The third-order valence-corrected chi connectivity index (χ3v) is 7.87. The molecule has 0 fully saturated rings. The molecule has 3 aromatic rings.